The minimum absolute atomic E-state index is 0.156. The average Bonchev–Trinajstić information content (AvgIpc) is 2.49. The Morgan fingerprint density at radius 3 is 2.50 bits per heavy atom. The van der Waals surface area contributed by atoms with Gasteiger partial charge in [0.25, 0.3) is 0 Å². The van der Waals surface area contributed by atoms with Crippen molar-refractivity contribution in [3.63, 3.8) is 0 Å². The Kier molecular flexibility index (Phi) is 6.83. The van der Waals surface area contributed by atoms with Gasteiger partial charge in [0, 0.05) is 19.6 Å². The van der Waals surface area contributed by atoms with E-state index in [9.17, 15) is 0 Å². The molecule has 0 saturated carbocycles. The van der Waals surface area contributed by atoms with Crippen LogP contribution in [0.4, 0.5) is 0 Å². The molecule has 4 heteroatoms. The first-order valence-corrected chi connectivity index (χ1v) is 8.17. The van der Waals surface area contributed by atoms with Crippen molar-refractivity contribution in [1.82, 2.24) is 0 Å². The maximum Gasteiger partial charge on any atom is 0.163 e. The van der Waals surface area contributed by atoms with Crippen LogP contribution in [-0.4, -0.2) is 36.3 Å². The Hall–Kier alpha value is -0.940. The molecule has 1 saturated heterocycles. The summed E-state index contributed by atoms with van der Waals surface area (Å²) in [6.45, 7) is 5.45. The van der Waals surface area contributed by atoms with Crippen LogP contribution in [0, 0.1) is 0 Å². The van der Waals surface area contributed by atoms with Crippen LogP contribution < -0.4 is 0 Å². The maximum absolute atomic E-state index is 8.97. The summed E-state index contributed by atoms with van der Waals surface area (Å²) in [7, 11) is 0. The van der Waals surface area contributed by atoms with Crippen LogP contribution >= 0.6 is 0 Å². The maximum atomic E-state index is 8.97. The molecule has 1 aromatic carbocycles. The van der Waals surface area contributed by atoms with Gasteiger partial charge in [-0.25, -0.2) is 0 Å². The van der Waals surface area contributed by atoms with Gasteiger partial charge < -0.3 is 19.3 Å². The van der Waals surface area contributed by atoms with Gasteiger partial charge in [0.2, 0.25) is 0 Å². The number of aliphatic hydroxyl groups excluding tert-OH is 1. The van der Waals surface area contributed by atoms with Crippen molar-refractivity contribution in [2.75, 3.05) is 13.2 Å². The zero-order valence-corrected chi connectivity index (χ0v) is 13.7. The van der Waals surface area contributed by atoms with Gasteiger partial charge in [-0.3, -0.25) is 0 Å². The molecule has 2 atom stereocenters. The summed E-state index contributed by atoms with van der Waals surface area (Å²) in [5.41, 5.74) is 1.19. The van der Waals surface area contributed by atoms with Gasteiger partial charge in [-0.1, -0.05) is 30.3 Å². The van der Waals surface area contributed by atoms with Crippen LogP contribution in [0.1, 0.15) is 45.1 Å². The Morgan fingerprint density at radius 1 is 1.14 bits per heavy atom. The predicted octanol–water partition coefficient (Wildman–Crippen LogP) is 3.28. The van der Waals surface area contributed by atoms with Crippen LogP contribution in [0.5, 0.6) is 0 Å². The minimum Gasteiger partial charge on any atom is -0.396 e. The van der Waals surface area contributed by atoms with Crippen molar-refractivity contribution in [3.05, 3.63) is 35.9 Å². The highest BCUT2D eigenvalue weighted by atomic mass is 16.7. The highest BCUT2D eigenvalue weighted by molar-refractivity contribution is 5.13. The second kappa shape index (κ2) is 8.63. The molecule has 0 spiro atoms. The Labute approximate surface area is 133 Å². The molecule has 0 bridgehead atoms. The molecule has 0 aliphatic carbocycles. The number of aliphatic hydroxyl groups is 1. The summed E-state index contributed by atoms with van der Waals surface area (Å²) in [6, 6.07) is 10.2. The molecule has 1 fully saturated rings. The second-order valence-corrected chi connectivity index (χ2v) is 6.31. The van der Waals surface area contributed by atoms with Gasteiger partial charge in [-0.15, -0.1) is 0 Å². The summed E-state index contributed by atoms with van der Waals surface area (Å²) in [4.78, 5) is 0. The quantitative estimate of drug-likeness (QED) is 0.749. The first-order valence-electron chi connectivity index (χ1n) is 8.17. The van der Waals surface area contributed by atoms with Crippen molar-refractivity contribution in [3.8, 4) is 0 Å². The topological polar surface area (TPSA) is 47.9 Å². The molecule has 0 radical (unpaired) electrons. The van der Waals surface area contributed by atoms with Crippen LogP contribution in [0.2, 0.25) is 0 Å². The van der Waals surface area contributed by atoms with E-state index in [1.165, 1.54) is 5.56 Å². The second-order valence-electron chi connectivity index (χ2n) is 6.31. The van der Waals surface area contributed by atoms with Crippen LogP contribution in [0.3, 0.4) is 0 Å². The number of rotatable bonds is 8. The van der Waals surface area contributed by atoms with E-state index >= 15 is 0 Å². The molecule has 4 nitrogen and oxygen atoms in total. The fourth-order valence-corrected chi connectivity index (χ4v) is 2.87. The smallest absolute Gasteiger partial charge is 0.163 e. The van der Waals surface area contributed by atoms with Gasteiger partial charge in [0.05, 0.1) is 18.8 Å². The normalized spacial score (nSPS) is 24.3. The van der Waals surface area contributed by atoms with Gasteiger partial charge in [0.15, 0.2) is 5.79 Å². The van der Waals surface area contributed by atoms with Crippen molar-refractivity contribution in [2.24, 2.45) is 0 Å². The molecule has 1 N–H and O–H groups in total. The zero-order chi connectivity index (χ0) is 15.8. The molecule has 22 heavy (non-hydrogen) atoms. The van der Waals surface area contributed by atoms with Crippen molar-refractivity contribution >= 4 is 0 Å². The average molecular weight is 308 g/mol. The Bertz CT molecular complexity index is 418. The van der Waals surface area contributed by atoms with Crippen LogP contribution in [-0.2, 0) is 20.8 Å². The summed E-state index contributed by atoms with van der Waals surface area (Å²) in [5.74, 6) is -0.553. The third-order valence-electron chi connectivity index (χ3n) is 3.81. The van der Waals surface area contributed by atoms with Gasteiger partial charge in [0.1, 0.15) is 0 Å². The van der Waals surface area contributed by atoms with Crippen LogP contribution in [0.25, 0.3) is 0 Å². The van der Waals surface area contributed by atoms with Crippen LogP contribution in [0.15, 0.2) is 30.3 Å². The number of hydrogen-bond donors (Lipinski definition) is 1. The number of hydrogen-bond acceptors (Lipinski definition) is 4. The molecular weight excluding hydrogens is 280 g/mol. The lowest BCUT2D eigenvalue weighted by Crippen LogP contribution is -2.45. The SMILES string of the molecule is CC1(C)O[C@@H](CCCO)C[C@H](CCOCc2ccccc2)O1. The minimum atomic E-state index is -0.553. The van der Waals surface area contributed by atoms with E-state index in [1.807, 2.05) is 32.0 Å². The zero-order valence-electron chi connectivity index (χ0n) is 13.7. The van der Waals surface area contributed by atoms with E-state index in [-0.39, 0.29) is 18.8 Å². The lowest BCUT2D eigenvalue weighted by Gasteiger charge is -2.41. The van der Waals surface area contributed by atoms with E-state index in [2.05, 4.69) is 12.1 Å². The van der Waals surface area contributed by atoms with Crippen molar-refractivity contribution < 1.29 is 19.3 Å². The van der Waals surface area contributed by atoms with Crippen molar-refractivity contribution in [1.29, 1.82) is 0 Å². The first-order chi connectivity index (χ1) is 10.6. The van der Waals surface area contributed by atoms with E-state index in [4.69, 9.17) is 19.3 Å². The van der Waals surface area contributed by atoms with Crippen molar-refractivity contribution in [2.45, 2.75) is 64.1 Å². The number of benzene rings is 1. The van der Waals surface area contributed by atoms with Gasteiger partial charge in [-0.05, 0) is 38.7 Å². The first kappa shape index (κ1) is 17.4. The third kappa shape index (κ3) is 6.05. The Balaban J connectivity index is 1.71. The molecule has 2 rings (SSSR count). The molecule has 1 aliphatic rings. The summed E-state index contributed by atoms with van der Waals surface area (Å²) in [5, 5.41) is 8.97. The lowest BCUT2D eigenvalue weighted by molar-refractivity contribution is -0.302. The van der Waals surface area contributed by atoms with E-state index in [1.54, 1.807) is 0 Å². The fourth-order valence-electron chi connectivity index (χ4n) is 2.87. The van der Waals surface area contributed by atoms with Gasteiger partial charge in [-0.2, -0.15) is 0 Å². The highest BCUT2D eigenvalue weighted by Gasteiger charge is 2.34. The fraction of sp³-hybridized carbons (Fsp3) is 0.667. The molecule has 1 heterocycles. The third-order valence-corrected chi connectivity index (χ3v) is 3.81. The van der Waals surface area contributed by atoms with E-state index in [0.717, 1.165) is 25.7 Å². The molecule has 1 aromatic rings. The molecule has 1 aliphatic heterocycles. The van der Waals surface area contributed by atoms with E-state index in [0.29, 0.717) is 13.2 Å². The molecule has 0 unspecified atom stereocenters. The summed E-state index contributed by atoms with van der Waals surface area (Å²) >= 11 is 0. The monoisotopic (exact) mass is 308 g/mol. The summed E-state index contributed by atoms with van der Waals surface area (Å²) in [6.07, 6.45) is 3.72. The summed E-state index contributed by atoms with van der Waals surface area (Å²) < 4.78 is 17.6. The predicted molar refractivity (Wildman–Crippen MR) is 85.5 cm³/mol. The highest BCUT2D eigenvalue weighted by Crippen LogP contribution is 2.30. The Morgan fingerprint density at radius 2 is 1.82 bits per heavy atom. The largest absolute Gasteiger partial charge is 0.396 e. The standard InChI is InChI=1S/C18H28O4/c1-18(2)21-16(9-6-11-19)13-17(22-18)10-12-20-14-15-7-4-3-5-8-15/h3-5,7-8,16-17,19H,6,9-14H2,1-2H3/t16-,17-/m0/s1. The molecule has 0 aromatic heterocycles. The van der Waals surface area contributed by atoms with E-state index < -0.39 is 5.79 Å². The number of ether oxygens (including phenoxy) is 3. The molecular formula is C18H28O4. The lowest BCUT2D eigenvalue weighted by atomic mass is 10.0. The van der Waals surface area contributed by atoms with Gasteiger partial charge >= 0.3 is 0 Å². The molecule has 0 amide bonds. The molecule has 124 valence electrons.